The zero-order valence-electron chi connectivity index (χ0n) is 16.7. The molecule has 2 aromatic heterocycles. The highest BCUT2D eigenvalue weighted by atomic mass is 16.6. The van der Waals surface area contributed by atoms with Gasteiger partial charge in [0.2, 0.25) is 5.82 Å². The number of fused-ring (bicyclic) bond motifs is 1. The molecular weight excluding hydrogens is 386 g/mol. The minimum Gasteiger partial charge on any atom is -0.497 e. The van der Waals surface area contributed by atoms with Gasteiger partial charge >= 0.3 is 0 Å². The second-order valence-corrected chi connectivity index (χ2v) is 6.76. The lowest BCUT2D eigenvalue weighted by molar-refractivity contribution is 0.0996. The van der Waals surface area contributed by atoms with Gasteiger partial charge in [-0.05, 0) is 65.1 Å². The van der Waals surface area contributed by atoms with Gasteiger partial charge in [-0.25, -0.2) is 4.63 Å². The zero-order chi connectivity index (χ0) is 21.3. The Balaban J connectivity index is 1.66. The second-order valence-electron chi connectivity index (χ2n) is 6.76. The summed E-state index contributed by atoms with van der Waals surface area (Å²) in [6.07, 6.45) is 0.796. The second kappa shape index (κ2) is 7.82. The molecule has 1 N–H and O–H groups in total. The predicted octanol–water partition coefficient (Wildman–Crippen LogP) is 3.97. The third-order valence-corrected chi connectivity index (χ3v) is 4.83. The van der Waals surface area contributed by atoms with Crippen molar-refractivity contribution in [3.8, 4) is 17.0 Å². The number of aryl methyl sites for hydroxylation is 2. The molecule has 0 aliphatic heterocycles. The van der Waals surface area contributed by atoms with Gasteiger partial charge in [-0.1, -0.05) is 13.0 Å². The SMILES string of the molecule is CCc1ccc2oc(C(=O)Nc3nonc3-c3ccc(OC)cc3C)cc(=O)c2c1. The molecule has 0 saturated heterocycles. The fraction of sp³-hybridized carbons (Fsp3) is 0.182. The first-order valence-electron chi connectivity index (χ1n) is 9.36. The number of ether oxygens (including phenoxy) is 1. The van der Waals surface area contributed by atoms with Gasteiger partial charge in [0.05, 0.1) is 12.5 Å². The Morgan fingerprint density at radius 2 is 1.97 bits per heavy atom. The summed E-state index contributed by atoms with van der Waals surface area (Å²) in [5, 5.41) is 10.7. The van der Waals surface area contributed by atoms with Gasteiger partial charge < -0.3 is 9.15 Å². The van der Waals surface area contributed by atoms with E-state index in [0.29, 0.717) is 22.4 Å². The van der Waals surface area contributed by atoms with Crippen molar-refractivity contribution in [2.75, 3.05) is 12.4 Å². The molecule has 4 rings (SSSR count). The molecule has 0 saturated carbocycles. The van der Waals surface area contributed by atoms with Crippen molar-refractivity contribution in [2.24, 2.45) is 0 Å². The van der Waals surface area contributed by atoms with E-state index >= 15 is 0 Å². The molecule has 4 aromatic rings. The average Bonchev–Trinajstić information content (AvgIpc) is 3.20. The topological polar surface area (TPSA) is 107 Å². The van der Waals surface area contributed by atoms with E-state index in [1.54, 1.807) is 31.4 Å². The van der Waals surface area contributed by atoms with Gasteiger partial charge in [-0.2, -0.15) is 0 Å². The van der Waals surface area contributed by atoms with Crippen LogP contribution in [-0.2, 0) is 6.42 Å². The Kier molecular flexibility index (Phi) is 5.05. The van der Waals surface area contributed by atoms with Gasteiger partial charge in [0.25, 0.3) is 5.91 Å². The van der Waals surface area contributed by atoms with E-state index in [-0.39, 0.29) is 17.0 Å². The lowest BCUT2D eigenvalue weighted by atomic mass is 10.1. The molecule has 2 heterocycles. The van der Waals surface area contributed by atoms with Crippen molar-refractivity contribution in [1.82, 2.24) is 10.3 Å². The number of rotatable bonds is 5. The van der Waals surface area contributed by atoms with Crippen LogP contribution in [0.4, 0.5) is 5.82 Å². The van der Waals surface area contributed by atoms with E-state index in [9.17, 15) is 9.59 Å². The number of hydrogen-bond acceptors (Lipinski definition) is 7. The molecule has 0 aliphatic rings. The number of methoxy groups -OCH3 is 1. The van der Waals surface area contributed by atoms with E-state index in [0.717, 1.165) is 23.1 Å². The molecule has 0 unspecified atom stereocenters. The van der Waals surface area contributed by atoms with Gasteiger partial charge in [-0.3, -0.25) is 14.9 Å². The number of hydrogen-bond donors (Lipinski definition) is 1. The van der Waals surface area contributed by atoms with Crippen molar-refractivity contribution < 1.29 is 18.6 Å². The molecule has 152 valence electrons. The van der Waals surface area contributed by atoms with E-state index < -0.39 is 5.91 Å². The van der Waals surface area contributed by atoms with Gasteiger partial charge in [0.1, 0.15) is 11.3 Å². The minimum absolute atomic E-state index is 0.123. The third-order valence-electron chi connectivity index (χ3n) is 4.83. The molecule has 8 heteroatoms. The molecule has 0 aliphatic carbocycles. The molecule has 0 bridgehead atoms. The molecule has 2 aromatic carbocycles. The van der Waals surface area contributed by atoms with Crippen molar-refractivity contribution >= 4 is 22.7 Å². The summed E-state index contributed by atoms with van der Waals surface area (Å²) >= 11 is 0. The zero-order valence-corrected chi connectivity index (χ0v) is 16.7. The van der Waals surface area contributed by atoms with Crippen molar-refractivity contribution in [1.29, 1.82) is 0 Å². The highest BCUT2D eigenvalue weighted by molar-refractivity contribution is 6.04. The summed E-state index contributed by atoms with van der Waals surface area (Å²) in [5.74, 6) is 0.0636. The monoisotopic (exact) mass is 405 g/mol. The maximum Gasteiger partial charge on any atom is 0.292 e. The standard InChI is InChI=1S/C22H19N3O5/c1-4-13-5-8-18-16(10-13)17(26)11-19(29-18)22(27)23-21-20(24-30-25-21)15-7-6-14(28-3)9-12(15)2/h5-11H,4H2,1-3H3,(H,23,25,27). The lowest BCUT2D eigenvalue weighted by Gasteiger charge is -2.07. The Morgan fingerprint density at radius 3 is 2.70 bits per heavy atom. The first-order chi connectivity index (χ1) is 14.5. The van der Waals surface area contributed by atoms with Crippen LogP contribution in [0, 0.1) is 6.92 Å². The molecule has 30 heavy (non-hydrogen) atoms. The summed E-state index contributed by atoms with van der Waals surface area (Å²) in [5.41, 5.74) is 3.01. The normalized spacial score (nSPS) is 10.9. The summed E-state index contributed by atoms with van der Waals surface area (Å²) in [6.45, 7) is 3.88. The average molecular weight is 405 g/mol. The van der Waals surface area contributed by atoms with Crippen molar-refractivity contribution in [3.63, 3.8) is 0 Å². The number of benzene rings is 2. The summed E-state index contributed by atoms with van der Waals surface area (Å²) in [6, 6.07) is 11.9. The largest absolute Gasteiger partial charge is 0.497 e. The van der Waals surface area contributed by atoms with E-state index in [4.69, 9.17) is 13.8 Å². The Bertz CT molecular complexity index is 1310. The van der Waals surface area contributed by atoms with Crippen LogP contribution in [0.25, 0.3) is 22.2 Å². The molecule has 1 amide bonds. The van der Waals surface area contributed by atoms with E-state index in [2.05, 4.69) is 15.6 Å². The molecule has 0 spiro atoms. The predicted molar refractivity (Wildman–Crippen MR) is 111 cm³/mol. The van der Waals surface area contributed by atoms with E-state index in [1.807, 2.05) is 26.0 Å². The van der Waals surface area contributed by atoms with Crippen LogP contribution in [-0.4, -0.2) is 23.3 Å². The van der Waals surface area contributed by atoms with Crippen LogP contribution < -0.4 is 15.5 Å². The molecule has 0 radical (unpaired) electrons. The van der Waals surface area contributed by atoms with Gasteiger partial charge in [-0.15, -0.1) is 0 Å². The quantitative estimate of drug-likeness (QED) is 0.535. The molecule has 0 atom stereocenters. The molecule has 8 nitrogen and oxygen atoms in total. The van der Waals surface area contributed by atoms with Gasteiger partial charge in [0, 0.05) is 11.6 Å². The third kappa shape index (κ3) is 3.55. The Labute approximate surface area is 171 Å². The maximum absolute atomic E-state index is 12.7. The lowest BCUT2D eigenvalue weighted by Crippen LogP contribution is -2.15. The number of anilines is 1. The van der Waals surface area contributed by atoms with Crippen LogP contribution >= 0.6 is 0 Å². The van der Waals surface area contributed by atoms with Gasteiger partial charge in [0.15, 0.2) is 16.9 Å². The first kappa shape index (κ1) is 19.4. The molecular formula is C22H19N3O5. The Morgan fingerprint density at radius 1 is 1.13 bits per heavy atom. The summed E-state index contributed by atoms with van der Waals surface area (Å²) in [7, 11) is 1.58. The van der Waals surface area contributed by atoms with Crippen LogP contribution in [0.1, 0.15) is 28.6 Å². The number of carbonyl (C=O) groups excluding carboxylic acids is 1. The number of aromatic nitrogens is 2. The molecule has 0 fully saturated rings. The fourth-order valence-corrected chi connectivity index (χ4v) is 3.18. The maximum atomic E-state index is 12.7. The first-order valence-corrected chi connectivity index (χ1v) is 9.36. The van der Waals surface area contributed by atoms with E-state index in [1.165, 1.54) is 6.07 Å². The fourth-order valence-electron chi connectivity index (χ4n) is 3.18. The number of nitrogens with one attached hydrogen (secondary N) is 1. The van der Waals surface area contributed by atoms with Crippen LogP contribution in [0.2, 0.25) is 0 Å². The summed E-state index contributed by atoms with van der Waals surface area (Å²) in [4.78, 5) is 25.2. The van der Waals surface area contributed by atoms with Crippen molar-refractivity contribution in [2.45, 2.75) is 20.3 Å². The highest BCUT2D eigenvalue weighted by Gasteiger charge is 2.20. The van der Waals surface area contributed by atoms with Crippen molar-refractivity contribution in [3.05, 3.63) is 69.6 Å². The van der Waals surface area contributed by atoms with Crippen LogP contribution in [0.3, 0.4) is 0 Å². The van der Waals surface area contributed by atoms with Crippen LogP contribution in [0.5, 0.6) is 5.75 Å². The number of amides is 1. The number of nitrogens with zero attached hydrogens (tertiary/aromatic N) is 2. The Hall–Kier alpha value is -3.94. The van der Waals surface area contributed by atoms with Crippen LogP contribution in [0.15, 0.2) is 56.3 Å². The smallest absolute Gasteiger partial charge is 0.292 e. The minimum atomic E-state index is -0.628. The number of carbonyl (C=O) groups is 1. The summed E-state index contributed by atoms with van der Waals surface area (Å²) < 4.78 is 15.7. The highest BCUT2D eigenvalue weighted by Crippen LogP contribution is 2.30.